The fraction of sp³-hybridized carbons (Fsp3) is 0.613. The van der Waals surface area contributed by atoms with Crippen molar-refractivity contribution >= 4 is 0 Å². The Morgan fingerprint density at radius 3 is 1.97 bits per heavy atom. The molecule has 1 nitrogen and oxygen atoms in total. The van der Waals surface area contributed by atoms with Crippen molar-refractivity contribution in [3.63, 3.8) is 0 Å². The van der Waals surface area contributed by atoms with Gasteiger partial charge in [0.2, 0.25) is 0 Å². The first-order valence-corrected chi connectivity index (χ1v) is 13.5. The van der Waals surface area contributed by atoms with Crippen LogP contribution in [0.15, 0.2) is 48.5 Å². The summed E-state index contributed by atoms with van der Waals surface area (Å²) in [6.45, 7) is 7.80. The van der Waals surface area contributed by atoms with Gasteiger partial charge in [-0.1, -0.05) is 102 Å². The average Bonchev–Trinajstić information content (AvgIpc) is 2.83. The first-order valence-electron chi connectivity index (χ1n) is 13.5. The van der Waals surface area contributed by atoms with Crippen molar-refractivity contribution in [1.29, 1.82) is 0 Å². The second kappa shape index (κ2) is 13.7. The lowest BCUT2D eigenvalue weighted by Gasteiger charge is -2.29. The summed E-state index contributed by atoms with van der Waals surface area (Å²) >= 11 is 0. The van der Waals surface area contributed by atoms with Gasteiger partial charge < -0.3 is 4.74 Å². The third-order valence-corrected chi connectivity index (χ3v) is 7.34. The number of unbranched alkanes of at least 4 members (excludes halogenated alkanes) is 5. The highest BCUT2D eigenvalue weighted by molar-refractivity contribution is 5.64. The molecule has 0 spiro atoms. The molecule has 2 aromatic carbocycles. The zero-order valence-corrected chi connectivity index (χ0v) is 21.0. The van der Waals surface area contributed by atoms with Gasteiger partial charge in [0.25, 0.3) is 0 Å². The number of rotatable bonds is 13. The second-order valence-corrected chi connectivity index (χ2v) is 10.5. The Kier molecular flexibility index (Phi) is 10.7. The van der Waals surface area contributed by atoms with E-state index in [0.717, 1.165) is 36.5 Å². The maximum Gasteiger partial charge on any atom is 0.119 e. The lowest BCUT2D eigenvalue weighted by Crippen LogP contribution is -2.14. The van der Waals surface area contributed by atoms with E-state index < -0.39 is 0 Å². The lowest BCUT2D eigenvalue weighted by molar-refractivity contribution is 0.293. The van der Waals surface area contributed by atoms with Crippen molar-refractivity contribution in [3.8, 4) is 16.9 Å². The summed E-state index contributed by atoms with van der Waals surface area (Å²) in [4.78, 5) is 0. The van der Waals surface area contributed by atoms with Gasteiger partial charge in [-0.2, -0.15) is 0 Å². The topological polar surface area (TPSA) is 9.23 Å². The van der Waals surface area contributed by atoms with Crippen LogP contribution >= 0.6 is 0 Å². The Bertz CT molecular complexity index is 735. The first-order chi connectivity index (χ1) is 15.7. The molecule has 0 radical (unpaired) electrons. The highest BCUT2D eigenvalue weighted by Crippen LogP contribution is 2.38. The van der Waals surface area contributed by atoms with Gasteiger partial charge in [-0.3, -0.25) is 0 Å². The minimum absolute atomic E-state index is 0.761. The Labute approximate surface area is 198 Å². The van der Waals surface area contributed by atoms with Crippen molar-refractivity contribution in [3.05, 3.63) is 54.1 Å². The van der Waals surface area contributed by atoms with Crippen LogP contribution in [0.25, 0.3) is 11.1 Å². The molecular weight excluding hydrogens is 388 g/mol. The normalized spacial score (nSPS) is 18.8. The van der Waals surface area contributed by atoms with Gasteiger partial charge in [0.05, 0.1) is 6.61 Å². The van der Waals surface area contributed by atoms with Crippen LogP contribution in [0.2, 0.25) is 0 Å². The van der Waals surface area contributed by atoms with Gasteiger partial charge in [0.15, 0.2) is 0 Å². The van der Waals surface area contributed by atoms with Crippen molar-refractivity contribution in [2.24, 2.45) is 11.8 Å². The predicted molar refractivity (Wildman–Crippen MR) is 140 cm³/mol. The van der Waals surface area contributed by atoms with Gasteiger partial charge in [0, 0.05) is 0 Å². The van der Waals surface area contributed by atoms with E-state index in [1.807, 2.05) is 0 Å². The number of hydrogen-bond acceptors (Lipinski definition) is 1. The standard InChI is InChI=1S/C31H46O/c1-4-5-6-7-8-9-24-32-31-22-20-30(21-23-31)29-18-16-28(17-19-29)27-14-12-26(13-15-27)11-10-25(2)3/h16-23,25-27H,4-15,24H2,1-3H3. The number of hydrogen-bond donors (Lipinski definition) is 0. The van der Waals surface area contributed by atoms with E-state index in [2.05, 4.69) is 69.3 Å². The Balaban J connectivity index is 1.42. The molecule has 0 N–H and O–H groups in total. The quantitative estimate of drug-likeness (QED) is 0.285. The molecule has 1 aliphatic rings. The molecular formula is C31H46O. The van der Waals surface area contributed by atoms with Gasteiger partial charge >= 0.3 is 0 Å². The molecule has 1 fully saturated rings. The predicted octanol–water partition coefficient (Wildman–Crippen LogP) is 9.80. The molecule has 0 aliphatic heterocycles. The van der Waals surface area contributed by atoms with Crippen LogP contribution in [0.4, 0.5) is 0 Å². The number of benzene rings is 2. The zero-order chi connectivity index (χ0) is 22.6. The smallest absolute Gasteiger partial charge is 0.119 e. The summed E-state index contributed by atoms with van der Waals surface area (Å²) in [5.41, 5.74) is 4.12. The molecule has 0 saturated heterocycles. The number of ether oxygens (including phenoxy) is 1. The summed E-state index contributed by atoms with van der Waals surface area (Å²) < 4.78 is 5.94. The van der Waals surface area contributed by atoms with Gasteiger partial charge in [-0.05, 0) is 78.7 Å². The van der Waals surface area contributed by atoms with Gasteiger partial charge in [-0.25, -0.2) is 0 Å². The molecule has 176 valence electrons. The van der Waals surface area contributed by atoms with Gasteiger partial charge in [-0.15, -0.1) is 0 Å². The van der Waals surface area contributed by atoms with Crippen LogP contribution < -0.4 is 4.74 Å². The highest BCUT2D eigenvalue weighted by Gasteiger charge is 2.22. The van der Waals surface area contributed by atoms with Crippen LogP contribution in [-0.4, -0.2) is 6.61 Å². The summed E-state index contributed by atoms with van der Waals surface area (Å²) in [6, 6.07) is 18.0. The van der Waals surface area contributed by atoms with Crippen molar-refractivity contribution < 1.29 is 4.74 Å². The molecule has 1 aliphatic carbocycles. The molecule has 3 rings (SSSR count). The summed E-state index contributed by atoms with van der Waals surface area (Å²) in [5.74, 6) is 3.57. The fourth-order valence-corrected chi connectivity index (χ4v) is 5.12. The van der Waals surface area contributed by atoms with E-state index >= 15 is 0 Å². The lowest BCUT2D eigenvalue weighted by atomic mass is 9.76. The van der Waals surface area contributed by atoms with E-state index in [4.69, 9.17) is 4.74 Å². The van der Waals surface area contributed by atoms with Crippen LogP contribution in [0.5, 0.6) is 5.75 Å². The van der Waals surface area contributed by atoms with Crippen molar-refractivity contribution in [2.75, 3.05) is 6.61 Å². The van der Waals surface area contributed by atoms with Crippen LogP contribution in [0.1, 0.15) is 109 Å². The first kappa shape index (κ1) is 24.9. The monoisotopic (exact) mass is 434 g/mol. The maximum atomic E-state index is 5.94. The third-order valence-electron chi connectivity index (χ3n) is 7.34. The largest absolute Gasteiger partial charge is 0.494 e. The Hall–Kier alpha value is -1.76. The third kappa shape index (κ3) is 8.30. The summed E-state index contributed by atoms with van der Waals surface area (Å²) in [7, 11) is 0. The highest BCUT2D eigenvalue weighted by atomic mass is 16.5. The molecule has 0 atom stereocenters. The fourth-order valence-electron chi connectivity index (χ4n) is 5.12. The van der Waals surface area contributed by atoms with Crippen LogP contribution in [-0.2, 0) is 0 Å². The molecule has 1 heteroatoms. The second-order valence-electron chi connectivity index (χ2n) is 10.5. The molecule has 0 unspecified atom stereocenters. The molecule has 0 bridgehead atoms. The summed E-state index contributed by atoms with van der Waals surface area (Å²) in [6.07, 6.45) is 16.2. The van der Waals surface area contributed by atoms with Crippen LogP contribution in [0.3, 0.4) is 0 Å². The molecule has 1 saturated carbocycles. The van der Waals surface area contributed by atoms with E-state index in [0.29, 0.717) is 0 Å². The van der Waals surface area contributed by atoms with E-state index in [1.165, 1.54) is 87.3 Å². The maximum absolute atomic E-state index is 5.94. The van der Waals surface area contributed by atoms with E-state index in [1.54, 1.807) is 0 Å². The minimum atomic E-state index is 0.761. The molecule has 2 aromatic rings. The molecule has 0 amide bonds. The SMILES string of the molecule is CCCCCCCCOc1ccc(-c2ccc(C3CCC(CCC(C)C)CC3)cc2)cc1. The molecule has 0 aromatic heterocycles. The van der Waals surface area contributed by atoms with E-state index in [-0.39, 0.29) is 0 Å². The van der Waals surface area contributed by atoms with Crippen molar-refractivity contribution in [1.82, 2.24) is 0 Å². The Morgan fingerprint density at radius 2 is 1.34 bits per heavy atom. The van der Waals surface area contributed by atoms with E-state index in [9.17, 15) is 0 Å². The average molecular weight is 435 g/mol. The molecule has 32 heavy (non-hydrogen) atoms. The zero-order valence-electron chi connectivity index (χ0n) is 21.0. The van der Waals surface area contributed by atoms with Crippen molar-refractivity contribution in [2.45, 2.75) is 104 Å². The molecule has 0 heterocycles. The minimum Gasteiger partial charge on any atom is -0.494 e. The summed E-state index contributed by atoms with van der Waals surface area (Å²) in [5, 5.41) is 0. The Morgan fingerprint density at radius 1 is 0.750 bits per heavy atom. The van der Waals surface area contributed by atoms with Gasteiger partial charge in [0.1, 0.15) is 5.75 Å². The van der Waals surface area contributed by atoms with Crippen LogP contribution in [0, 0.1) is 11.8 Å².